The van der Waals surface area contributed by atoms with E-state index in [-0.39, 0.29) is 36.5 Å². The fraction of sp³-hybridized carbons (Fsp3) is 0.667. The molecule has 164 valence electrons. The highest BCUT2D eigenvalue weighted by Crippen LogP contribution is 2.41. The minimum Gasteiger partial charge on any atom is -0.493 e. The third-order valence-electron chi connectivity index (χ3n) is 6.46. The highest BCUT2D eigenvalue weighted by Gasteiger charge is 2.48. The summed E-state index contributed by atoms with van der Waals surface area (Å²) in [6.07, 6.45) is 8.69. The predicted molar refractivity (Wildman–Crippen MR) is 115 cm³/mol. The molecule has 0 radical (unpaired) electrons. The average Bonchev–Trinajstić information content (AvgIpc) is 3.56. The Hall–Kier alpha value is -2.24. The number of nitrogens with zero attached hydrogens (tertiary/aromatic N) is 2. The number of rotatable bonds is 6. The van der Waals surface area contributed by atoms with E-state index in [0.717, 1.165) is 44.1 Å². The number of benzene rings is 1. The van der Waals surface area contributed by atoms with Crippen LogP contribution >= 0.6 is 0 Å². The number of methoxy groups -OCH3 is 1. The van der Waals surface area contributed by atoms with Crippen LogP contribution in [0, 0.1) is 0 Å². The molecule has 2 saturated carbocycles. The topological polar surface area (TPSA) is 59.1 Å². The van der Waals surface area contributed by atoms with Gasteiger partial charge in [0.1, 0.15) is 12.6 Å². The van der Waals surface area contributed by atoms with Crippen LogP contribution in [0.1, 0.15) is 76.8 Å². The fourth-order valence-corrected chi connectivity index (χ4v) is 4.88. The van der Waals surface area contributed by atoms with Gasteiger partial charge >= 0.3 is 0 Å². The van der Waals surface area contributed by atoms with Crippen molar-refractivity contribution in [2.24, 2.45) is 0 Å². The second kappa shape index (κ2) is 8.86. The zero-order valence-corrected chi connectivity index (χ0v) is 18.4. The minimum atomic E-state index is -0.566. The van der Waals surface area contributed by atoms with Crippen LogP contribution in [-0.2, 0) is 9.59 Å². The molecule has 1 aliphatic heterocycles. The van der Waals surface area contributed by atoms with E-state index in [4.69, 9.17) is 9.47 Å². The summed E-state index contributed by atoms with van der Waals surface area (Å²) >= 11 is 0. The van der Waals surface area contributed by atoms with E-state index in [2.05, 4.69) is 0 Å². The summed E-state index contributed by atoms with van der Waals surface area (Å²) in [5, 5.41) is 0. The molecule has 6 nitrogen and oxygen atoms in total. The summed E-state index contributed by atoms with van der Waals surface area (Å²) in [5.74, 6) is 1.40. The van der Waals surface area contributed by atoms with Gasteiger partial charge in [-0.25, -0.2) is 0 Å². The lowest BCUT2D eigenvalue weighted by Gasteiger charge is -2.44. The number of carbonyl (C=O) groups excluding carboxylic acids is 2. The maximum atomic E-state index is 13.7. The molecular weight excluding hydrogens is 380 g/mol. The molecule has 2 amide bonds. The molecule has 1 atom stereocenters. The molecule has 4 rings (SSSR count). The zero-order valence-electron chi connectivity index (χ0n) is 18.4. The molecule has 0 unspecified atom stereocenters. The number of hydrogen-bond donors (Lipinski definition) is 0. The lowest BCUT2D eigenvalue weighted by Crippen LogP contribution is -2.58. The van der Waals surface area contributed by atoms with Gasteiger partial charge in [0, 0.05) is 12.1 Å². The molecule has 30 heavy (non-hydrogen) atoms. The standard InChI is InChI=1S/C24H34N2O4/c1-16(2)30-20-13-10-17(14-21(20)29-3)23-24(28)25(18-8-6-4-5-7-9-18)15-22(27)26(23)19-11-12-19/h10,13-14,16,18-19,23H,4-9,11-12,15H2,1-3H3/t23-/m1/s1. The van der Waals surface area contributed by atoms with Gasteiger partial charge in [0.05, 0.1) is 13.2 Å². The normalized spacial score (nSPS) is 23.7. The second-order valence-corrected chi connectivity index (χ2v) is 9.12. The van der Waals surface area contributed by atoms with Crippen LogP contribution in [-0.4, -0.2) is 53.5 Å². The predicted octanol–water partition coefficient (Wildman–Crippen LogP) is 4.08. The number of amides is 2. The van der Waals surface area contributed by atoms with Gasteiger partial charge in [0.25, 0.3) is 5.91 Å². The van der Waals surface area contributed by atoms with E-state index in [1.807, 2.05) is 41.8 Å². The van der Waals surface area contributed by atoms with Crippen molar-refractivity contribution < 1.29 is 19.1 Å². The number of ether oxygens (including phenoxy) is 2. The van der Waals surface area contributed by atoms with Gasteiger partial charge in [-0.1, -0.05) is 31.7 Å². The molecule has 3 fully saturated rings. The maximum absolute atomic E-state index is 13.7. The van der Waals surface area contributed by atoms with Gasteiger partial charge < -0.3 is 19.3 Å². The molecular formula is C24H34N2O4. The molecule has 1 heterocycles. The Balaban J connectivity index is 1.67. The molecule has 1 aromatic rings. The average molecular weight is 415 g/mol. The van der Waals surface area contributed by atoms with E-state index in [9.17, 15) is 9.59 Å². The quantitative estimate of drug-likeness (QED) is 0.658. The Kier molecular flexibility index (Phi) is 6.21. The van der Waals surface area contributed by atoms with Crippen molar-refractivity contribution in [3.8, 4) is 11.5 Å². The van der Waals surface area contributed by atoms with E-state index in [0.29, 0.717) is 11.5 Å². The largest absolute Gasteiger partial charge is 0.493 e. The van der Waals surface area contributed by atoms with Crippen molar-refractivity contribution in [2.75, 3.05) is 13.7 Å². The van der Waals surface area contributed by atoms with Crippen molar-refractivity contribution in [3.05, 3.63) is 23.8 Å². The lowest BCUT2D eigenvalue weighted by atomic mass is 9.97. The molecule has 6 heteroatoms. The Bertz CT molecular complexity index is 781. The highest BCUT2D eigenvalue weighted by molar-refractivity contribution is 5.96. The minimum absolute atomic E-state index is 0.0244. The molecule has 0 bridgehead atoms. The van der Waals surface area contributed by atoms with Crippen LogP contribution in [0.5, 0.6) is 11.5 Å². The van der Waals surface area contributed by atoms with Gasteiger partial charge in [-0.2, -0.15) is 0 Å². The highest BCUT2D eigenvalue weighted by atomic mass is 16.5. The van der Waals surface area contributed by atoms with Gasteiger partial charge in [-0.15, -0.1) is 0 Å². The third kappa shape index (κ3) is 4.28. The Morgan fingerprint density at radius 1 is 0.933 bits per heavy atom. The van der Waals surface area contributed by atoms with Crippen molar-refractivity contribution in [1.82, 2.24) is 9.80 Å². The fourth-order valence-electron chi connectivity index (χ4n) is 4.88. The van der Waals surface area contributed by atoms with E-state index in [1.54, 1.807) is 7.11 Å². The summed E-state index contributed by atoms with van der Waals surface area (Å²) in [6, 6.07) is 5.45. The molecule has 0 N–H and O–H groups in total. The summed E-state index contributed by atoms with van der Waals surface area (Å²) < 4.78 is 11.4. The van der Waals surface area contributed by atoms with Gasteiger partial charge in [-0.05, 0) is 57.2 Å². The van der Waals surface area contributed by atoms with E-state index >= 15 is 0 Å². The molecule has 1 saturated heterocycles. The van der Waals surface area contributed by atoms with Crippen molar-refractivity contribution in [2.45, 2.75) is 89.4 Å². The molecule has 1 aromatic carbocycles. The van der Waals surface area contributed by atoms with Crippen LogP contribution in [0.3, 0.4) is 0 Å². The first-order chi connectivity index (χ1) is 14.5. The Labute approximate surface area is 179 Å². The van der Waals surface area contributed by atoms with E-state index < -0.39 is 6.04 Å². The zero-order chi connectivity index (χ0) is 21.3. The SMILES string of the molecule is COc1cc([C@@H]2C(=O)N(C3CCCCCC3)CC(=O)N2C2CC2)ccc1OC(C)C. The summed E-state index contributed by atoms with van der Waals surface area (Å²) in [4.78, 5) is 30.7. The smallest absolute Gasteiger partial charge is 0.250 e. The van der Waals surface area contributed by atoms with Crippen LogP contribution in [0.15, 0.2) is 18.2 Å². The summed E-state index contributed by atoms with van der Waals surface area (Å²) in [7, 11) is 1.61. The van der Waals surface area contributed by atoms with Crippen LogP contribution in [0.2, 0.25) is 0 Å². The van der Waals surface area contributed by atoms with Crippen LogP contribution < -0.4 is 9.47 Å². The Morgan fingerprint density at radius 3 is 2.23 bits per heavy atom. The van der Waals surface area contributed by atoms with Crippen LogP contribution in [0.4, 0.5) is 0 Å². The van der Waals surface area contributed by atoms with Crippen molar-refractivity contribution in [3.63, 3.8) is 0 Å². The molecule has 0 aromatic heterocycles. The van der Waals surface area contributed by atoms with Crippen LogP contribution in [0.25, 0.3) is 0 Å². The van der Waals surface area contributed by atoms with E-state index in [1.165, 1.54) is 12.8 Å². The maximum Gasteiger partial charge on any atom is 0.250 e. The van der Waals surface area contributed by atoms with Gasteiger partial charge in [0.2, 0.25) is 5.91 Å². The summed E-state index contributed by atoms with van der Waals surface area (Å²) in [6.45, 7) is 4.16. The monoisotopic (exact) mass is 414 g/mol. The number of carbonyl (C=O) groups is 2. The summed E-state index contributed by atoms with van der Waals surface area (Å²) in [5.41, 5.74) is 0.812. The van der Waals surface area contributed by atoms with Gasteiger partial charge in [-0.3, -0.25) is 9.59 Å². The molecule has 0 spiro atoms. The first kappa shape index (κ1) is 21.0. The third-order valence-corrected chi connectivity index (χ3v) is 6.46. The molecule has 3 aliphatic rings. The Morgan fingerprint density at radius 2 is 1.63 bits per heavy atom. The van der Waals surface area contributed by atoms with Crippen molar-refractivity contribution >= 4 is 11.8 Å². The van der Waals surface area contributed by atoms with Crippen molar-refractivity contribution in [1.29, 1.82) is 0 Å². The second-order valence-electron chi connectivity index (χ2n) is 9.12. The number of hydrogen-bond acceptors (Lipinski definition) is 4. The number of piperazine rings is 1. The lowest BCUT2D eigenvalue weighted by molar-refractivity contribution is -0.159. The first-order valence-corrected chi connectivity index (χ1v) is 11.5. The molecule has 2 aliphatic carbocycles. The van der Waals surface area contributed by atoms with Gasteiger partial charge in [0.15, 0.2) is 11.5 Å². The first-order valence-electron chi connectivity index (χ1n) is 11.5.